The number of aryl methyl sites for hydroxylation is 1. The molecule has 0 aliphatic carbocycles. The number of aromatic nitrogens is 2. The number of ether oxygens (including phenoxy) is 2. The van der Waals surface area contributed by atoms with Gasteiger partial charge < -0.3 is 23.9 Å². The molecule has 0 amide bonds. The van der Waals surface area contributed by atoms with Crippen molar-refractivity contribution < 1.29 is 31.6 Å². The van der Waals surface area contributed by atoms with E-state index in [-0.39, 0.29) is 17.3 Å². The van der Waals surface area contributed by atoms with E-state index in [1.54, 1.807) is 55.5 Å². The van der Waals surface area contributed by atoms with Crippen molar-refractivity contribution in [2.75, 3.05) is 37.8 Å². The van der Waals surface area contributed by atoms with Gasteiger partial charge in [-0.15, -0.1) is 0 Å². The van der Waals surface area contributed by atoms with Crippen LogP contribution in [0.2, 0.25) is 0 Å². The predicted octanol–water partition coefficient (Wildman–Crippen LogP) is 4.48. The van der Waals surface area contributed by atoms with Crippen LogP contribution < -0.4 is 9.64 Å². The summed E-state index contributed by atoms with van der Waals surface area (Å²) < 4.78 is 47.1. The summed E-state index contributed by atoms with van der Waals surface area (Å²) in [5.74, 6) is 0.569. The highest BCUT2D eigenvalue weighted by atomic mass is 32.2. The number of morpholine rings is 1. The third-order valence-electron chi connectivity index (χ3n) is 5.74. The fraction of sp³-hybridized carbons (Fsp3) is 0.308. The minimum absolute atomic E-state index is 0.237. The number of hydrogen-bond donors (Lipinski definition) is 1. The molecule has 0 spiro atoms. The highest BCUT2D eigenvalue weighted by molar-refractivity contribution is 7.86. The molecule has 2 aromatic heterocycles. The zero-order valence-corrected chi connectivity index (χ0v) is 22.5. The second kappa shape index (κ2) is 11.1. The minimum atomic E-state index is -4.14. The number of phenols is 1. The molecular formula is C26H27N3O7S2. The first-order valence-corrected chi connectivity index (χ1v) is 14.2. The van der Waals surface area contributed by atoms with Crippen molar-refractivity contribution in [3.05, 3.63) is 58.9 Å². The van der Waals surface area contributed by atoms with Crippen molar-refractivity contribution in [1.82, 2.24) is 9.97 Å². The molecule has 1 unspecified atom stereocenters. The Hall–Kier alpha value is -3.45. The molecule has 1 saturated heterocycles. The number of anilines is 1. The molecule has 1 atom stereocenters. The van der Waals surface area contributed by atoms with E-state index in [0.717, 1.165) is 28.7 Å². The average Bonchev–Trinajstić information content (AvgIpc) is 3.53. The van der Waals surface area contributed by atoms with Gasteiger partial charge in [0.2, 0.25) is 5.89 Å². The second-order valence-electron chi connectivity index (χ2n) is 8.80. The summed E-state index contributed by atoms with van der Waals surface area (Å²) in [6.45, 7) is 6.29. The fourth-order valence-electron chi connectivity index (χ4n) is 3.83. The quantitative estimate of drug-likeness (QED) is 0.295. The van der Waals surface area contributed by atoms with Crippen LogP contribution in [0, 0.1) is 6.92 Å². The smallest absolute Gasteiger partial charge is 0.300 e. The molecule has 2 aromatic carbocycles. The zero-order valence-electron chi connectivity index (χ0n) is 20.9. The van der Waals surface area contributed by atoms with E-state index < -0.39 is 16.2 Å². The van der Waals surface area contributed by atoms with Gasteiger partial charge in [0.1, 0.15) is 34.6 Å². The maximum absolute atomic E-state index is 12.5. The number of phenolic OH excluding ortho intramolecular Hbond substituents is 1. The van der Waals surface area contributed by atoms with E-state index in [0.29, 0.717) is 36.0 Å². The minimum Gasteiger partial charge on any atom is -0.506 e. The van der Waals surface area contributed by atoms with Crippen molar-refractivity contribution in [1.29, 1.82) is 0 Å². The Balaban J connectivity index is 1.20. The van der Waals surface area contributed by atoms with Crippen LogP contribution in [0.5, 0.6) is 11.5 Å². The average molecular weight is 558 g/mol. The van der Waals surface area contributed by atoms with Gasteiger partial charge in [-0.2, -0.15) is 8.42 Å². The molecule has 0 radical (unpaired) electrons. The summed E-state index contributed by atoms with van der Waals surface area (Å²) >= 11 is 1.60. The number of fused-ring (bicyclic) bond motifs is 1. The summed E-state index contributed by atoms with van der Waals surface area (Å²) in [5.41, 5.74) is 1.93. The summed E-state index contributed by atoms with van der Waals surface area (Å²) in [7, 11) is -4.14. The number of aromatic hydroxyl groups is 1. The van der Waals surface area contributed by atoms with Crippen LogP contribution in [0.15, 0.2) is 51.9 Å². The Morgan fingerprint density at radius 1 is 1.18 bits per heavy atom. The molecule has 38 heavy (non-hydrogen) atoms. The lowest BCUT2D eigenvalue weighted by atomic mass is 10.2. The van der Waals surface area contributed by atoms with Crippen LogP contribution in [0.4, 0.5) is 5.13 Å². The predicted molar refractivity (Wildman–Crippen MR) is 144 cm³/mol. The van der Waals surface area contributed by atoms with E-state index in [9.17, 15) is 13.5 Å². The number of benzene rings is 2. The maximum Gasteiger partial charge on any atom is 0.300 e. The monoisotopic (exact) mass is 557 g/mol. The number of hydrogen-bond acceptors (Lipinski definition) is 11. The number of thiazole rings is 1. The summed E-state index contributed by atoms with van der Waals surface area (Å²) in [4.78, 5) is 11.9. The standard InChI is InChI=1S/C26H27N3O7S2/c1-17-3-7-24(22(30)13-17)38(31,32)34-16-18(2)35-19-4-6-21-23(14-19)36-25(28-21)8-5-20-15-27-26(37-20)29-9-11-33-12-10-29/h3-8,13-15,18,30H,9-12,16H2,1-2H3. The van der Waals surface area contributed by atoms with Gasteiger partial charge >= 0.3 is 10.1 Å². The number of oxazole rings is 1. The van der Waals surface area contributed by atoms with Crippen LogP contribution in [0.3, 0.4) is 0 Å². The molecule has 1 aliphatic heterocycles. The van der Waals surface area contributed by atoms with Crippen LogP contribution in [-0.2, 0) is 19.0 Å². The Labute approximate surface area is 224 Å². The Morgan fingerprint density at radius 2 is 2.00 bits per heavy atom. The van der Waals surface area contributed by atoms with Gasteiger partial charge in [-0.25, -0.2) is 9.97 Å². The van der Waals surface area contributed by atoms with Crippen LogP contribution >= 0.6 is 11.3 Å². The lowest BCUT2D eigenvalue weighted by Crippen LogP contribution is -2.36. The van der Waals surface area contributed by atoms with E-state index in [4.69, 9.17) is 18.1 Å². The topological polar surface area (TPSA) is 124 Å². The lowest BCUT2D eigenvalue weighted by Gasteiger charge is -2.25. The third-order valence-corrected chi connectivity index (χ3v) is 8.09. The fourth-order valence-corrected chi connectivity index (χ4v) is 5.75. The lowest BCUT2D eigenvalue weighted by molar-refractivity contribution is 0.122. The van der Waals surface area contributed by atoms with E-state index in [1.165, 1.54) is 12.1 Å². The van der Waals surface area contributed by atoms with Gasteiger partial charge in [0.05, 0.1) is 13.2 Å². The van der Waals surface area contributed by atoms with Crippen molar-refractivity contribution in [3.63, 3.8) is 0 Å². The first kappa shape index (κ1) is 26.2. The van der Waals surface area contributed by atoms with Crippen molar-refractivity contribution in [2.45, 2.75) is 24.8 Å². The third kappa shape index (κ3) is 6.16. The molecule has 3 heterocycles. The van der Waals surface area contributed by atoms with Gasteiger partial charge in [0.25, 0.3) is 0 Å². The zero-order chi connectivity index (χ0) is 26.7. The van der Waals surface area contributed by atoms with Gasteiger partial charge in [0, 0.05) is 36.3 Å². The molecule has 4 aromatic rings. The molecule has 1 fully saturated rings. The van der Waals surface area contributed by atoms with E-state index in [2.05, 4.69) is 14.9 Å². The SMILES string of the molecule is Cc1ccc(S(=O)(=O)OCC(C)Oc2ccc3nc(C=Cc4cnc(N5CCOCC5)s4)oc3c2)c(O)c1. The highest BCUT2D eigenvalue weighted by Crippen LogP contribution is 2.28. The largest absolute Gasteiger partial charge is 0.506 e. The number of nitrogens with zero attached hydrogens (tertiary/aromatic N) is 3. The highest BCUT2D eigenvalue weighted by Gasteiger charge is 2.21. The van der Waals surface area contributed by atoms with Gasteiger partial charge in [-0.05, 0) is 49.8 Å². The summed E-state index contributed by atoms with van der Waals surface area (Å²) in [6.07, 6.45) is 4.93. The van der Waals surface area contributed by atoms with Crippen molar-refractivity contribution in [2.24, 2.45) is 0 Å². The van der Waals surface area contributed by atoms with Crippen LogP contribution in [-0.4, -0.2) is 62.5 Å². The summed E-state index contributed by atoms with van der Waals surface area (Å²) in [6, 6.07) is 9.46. The molecule has 1 N–H and O–H groups in total. The molecule has 0 saturated carbocycles. The maximum atomic E-state index is 12.5. The van der Waals surface area contributed by atoms with Gasteiger partial charge in [0.15, 0.2) is 10.7 Å². The Morgan fingerprint density at radius 3 is 2.79 bits per heavy atom. The van der Waals surface area contributed by atoms with Crippen LogP contribution in [0.25, 0.3) is 23.3 Å². The Kier molecular flexibility index (Phi) is 7.65. The first-order chi connectivity index (χ1) is 18.3. The van der Waals surface area contributed by atoms with Crippen molar-refractivity contribution in [3.8, 4) is 11.5 Å². The molecule has 0 bridgehead atoms. The molecule has 10 nitrogen and oxygen atoms in total. The molecular weight excluding hydrogens is 530 g/mol. The second-order valence-corrected chi connectivity index (χ2v) is 11.4. The van der Waals surface area contributed by atoms with Gasteiger partial charge in [-0.3, -0.25) is 4.18 Å². The normalized spacial score (nSPS) is 15.4. The molecule has 1 aliphatic rings. The molecule has 200 valence electrons. The van der Waals surface area contributed by atoms with E-state index in [1.807, 2.05) is 12.3 Å². The first-order valence-electron chi connectivity index (χ1n) is 12.0. The van der Waals surface area contributed by atoms with E-state index >= 15 is 0 Å². The molecule has 5 rings (SSSR count). The van der Waals surface area contributed by atoms with Gasteiger partial charge in [-0.1, -0.05) is 17.4 Å². The Bertz CT molecular complexity index is 1560. The summed E-state index contributed by atoms with van der Waals surface area (Å²) in [5, 5.41) is 10.9. The number of rotatable bonds is 9. The van der Waals surface area contributed by atoms with Crippen molar-refractivity contribution >= 4 is 49.8 Å². The molecule has 12 heteroatoms. The van der Waals surface area contributed by atoms with Crippen LogP contribution in [0.1, 0.15) is 23.3 Å².